The molecule has 0 saturated carbocycles. The van der Waals surface area contributed by atoms with Gasteiger partial charge in [0, 0.05) is 26.4 Å². The van der Waals surface area contributed by atoms with Crippen LogP contribution < -0.4 is 16.6 Å². The smallest absolute Gasteiger partial charge is 0.337 e. The number of nitrogens with one attached hydrogen (secondary N) is 1. The number of alkyl halides is 1. The molecule has 42 heavy (non-hydrogen) atoms. The first kappa shape index (κ1) is 36.5. The number of aromatic carboxylic acids is 1. The van der Waals surface area contributed by atoms with Crippen molar-refractivity contribution in [1.29, 1.82) is 0 Å². The minimum absolute atomic E-state index is 0.0195. The maximum Gasteiger partial charge on any atom is 0.337 e. The molecule has 0 bridgehead atoms. The zero-order chi connectivity index (χ0) is 32.0. The normalized spacial score (nSPS) is 9.98. The molecule has 0 saturated heterocycles. The molecule has 228 valence electrons. The number of esters is 2. The number of hydrogen-bond acceptors (Lipinski definition) is 10. The lowest BCUT2D eigenvalue weighted by Crippen LogP contribution is -2.39. The monoisotopic (exact) mass is 739 g/mol. The van der Waals surface area contributed by atoms with Gasteiger partial charge in [0.25, 0.3) is 5.56 Å². The Kier molecular flexibility index (Phi) is 15.7. The second-order valence-electron chi connectivity index (χ2n) is 7.98. The minimum Gasteiger partial charge on any atom is -0.478 e. The summed E-state index contributed by atoms with van der Waals surface area (Å²) in [7, 11) is 4.03. The summed E-state index contributed by atoms with van der Waals surface area (Å²) < 4.78 is 11.2. The molecule has 3 rings (SSSR count). The van der Waals surface area contributed by atoms with Crippen LogP contribution in [-0.4, -0.2) is 67.2 Å². The molecule has 1 amide bonds. The summed E-state index contributed by atoms with van der Waals surface area (Å²) in [6.45, 7) is -0.0476. The van der Waals surface area contributed by atoms with E-state index in [2.05, 4.69) is 47.3 Å². The van der Waals surface area contributed by atoms with Gasteiger partial charge in [0.15, 0.2) is 0 Å². The quantitative estimate of drug-likeness (QED) is 0.142. The van der Waals surface area contributed by atoms with Gasteiger partial charge in [-0.1, -0.05) is 45.8 Å². The first-order chi connectivity index (χ1) is 19.9. The Morgan fingerprint density at radius 2 is 1.52 bits per heavy atom. The van der Waals surface area contributed by atoms with Crippen LogP contribution in [0, 0.1) is 0 Å². The van der Waals surface area contributed by atoms with E-state index in [0.717, 1.165) is 10.6 Å². The van der Waals surface area contributed by atoms with Crippen molar-refractivity contribution in [3.63, 3.8) is 0 Å². The number of methoxy groups -OCH3 is 2. The number of carboxylic acids is 1. The lowest BCUT2D eigenvalue weighted by molar-refractivity contribution is -0.141. The standard InChI is InChI=1S/C12H12ClN3O4.C12H13ClN2O5.CH3I/c1-15-8-6-14-9(13)5-7(8)11(18)16(12(15)19)4-3-10(17)20-2;1-20-11(17)4-2-3-10(16)15-8-6-14-9(13)5-7(8)12(18)19;1-2/h5-6H,3-4H2,1-2H3;5-6H,2-4H2,1H3,(H,15,16)(H,18,19);1H3. The Hall–Kier alpha value is -3.57. The van der Waals surface area contributed by atoms with Gasteiger partial charge in [0.2, 0.25) is 5.91 Å². The van der Waals surface area contributed by atoms with Crippen molar-refractivity contribution >= 4 is 86.2 Å². The number of rotatable bonds is 9. The van der Waals surface area contributed by atoms with Gasteiger partial charge in [-0.2, -0.15) is 0 Å². The summed E-state index contributed by atoms with van der Waals surface area (Å²) in [6.07, 6.45) is 2.97. The summed E-state index contributed by atoms with van der Waals surface area (Å²) in [4.78, 5) is 78.5. The van der Waals surface area contributed by atoms with Gasteiger partial charge in [-0.25, -0.2) is 19.6 Å². The summed E-state index contributed by atoms with van der Waals surface area (Å²) >= 11 is 13.5. The zero-order valence-corrected chi connectivity index (χ0v) is 26.7. The first-order valence-corrected chi connectivity index (χ1v) is 14.8. The molecule has 0 aliphatic carbocycles. The summed E-state index contributed by atoms with van der Waals surface area (Å²) in [5.41, 5.74) is -0.721. The molecular weight excluding hydrogens is 712 g/mol. The van der Waals surface area contributed by atoms with E-state index in [0.29, 0.717) is 11.9 Å². The van der Waals surface area contributed by atoms with Crippen LogP contribution in [0.15, 0.2) is 34.1 Å². The highest BCUT2D eigenvalue weighted by Gasteiger charge is 2.15. The van der Waals surface area contributed by atoms with Crippen LogP contribution in [0.2, 0.25) is 10.3 Å². The van der Waals surface area contributed by atoms with E-state index in [4.69, 9.17) is 28.3 Å². The van der Waals surface area contributed by atoms with E-state index in [1.807, 2.05) is 4.93 Å². The first-order valence-electron chi connectivity index (χ1n) is 11.8. The number of aromatic nitrogens is 4. The van der Waals surface area contributed by atoms with Gasteiger partial charge >= 0.3 is 23.6 Å². The number of fused-ring (bicyclic) bond motifs is 1. The van der Waals surface area contributed by atoms with E-state index >= 15 is 0 Å². The second kappa shape index (κ2) is 18.1. The van der Waals surface area contributed by atoms with Crippen LogP contribution in [0.25, 0.3) is 10.9 Å². The molecule has 3 aromatic rings. The predicted octanol–water partition coefficient (Wildman–Crippen LogP) is 3.08. The predicted molar refractivity (Wildman–Crippen MR) is 164 cm³/mol. The van der Waals surface area contributed by atoms with Crippen LogP contribution >= 0.6 is 45.8 Å². The van der Waals surface area contributed by atoms with Gasteiger partial charge in [0.05, 0.1) is 55.2 Å². The lowest BCUT2D eigenvalue weighted by Gasteiger charge is -2.09. The van der Waals surface area contributed by atoms with Crippen molar-refractivity contribution in [1.82, 2.24) is 19.1 Å². The third kappa shape index (κ3) is 10.7. The molecule has 3 aromatic heterocycles. The van der Waals surface area contributed by atoms with Gasteiger partial charge in [-0.05, 0) is 23.5 Å². The number of nitrogens with zero attached hydrogens (tertiary/aromatic N) is 4. The number of amides is 1. The molecule has 0 atom stereocenters. The van der Waals surface area contributed by atoms with Gasteiger partial charge in [0.1, 0.15) is 10.3 Å². The number of pyridine rings is 2. The van der Waals surface area contributed by atoms with Crippen molar-refractivity contribution < 1.29 is 33.8 Å². The Morgan fingerprint density at radius 3 is 2.12 bits per heavy atom. The summed E-state index contributed by atoms with van der Waals surface area (Å²) in [6, 6.07) is 2.54. The fourth-order valence-corrected chi connectivity index (χ4v) is 3.61. The van der Waals surface area contributed by atoms with Crippen LogP contribution in [0.5, 0.6) is 0 Å². The van der Waals surface area contributed by atoms with Crippen molar-refractivity contribution in [3.8, 4) is 0 Å². The maximum atomic E-state index is 12.3. The van der Waals surface area contributed by atoms with E-state index < -0.39 is 35.1 Å². The molecular formula is C25H28Cl2IN5O9. The highest BCUT2D eigenvalue weighted by Crippen LogP contribution is 2.18. The Bertz CT molecular complexity index is 1560. The number of aryl methyl sites for hydroxylation is 1. The van der Waals surface area contributed by atoms with Crippen molar-refractivity contribution in [3.05, 3.63) is 61.2 Å². The Morgan fingerprint density at radius 1 is 0.952 bits per heavy atom. The molecule has 0 fully saturated rings. The fraction of sp³-hybridized carbons (Fsp3) is 0.360. The summed E-state index contributed by atoms with van der Waals surface area (Å²) in [5, 5.41) is 11.9. The highest BCUT2D eigenvalue weighted by molar-refractivity contribution is 14.1. The van der Waals surface area contributed by atoms with Crippen molar-refractivity contribution in [2.75, 3.05) is 24.5 Å². The number of halogens is 3. The highest BCUT2D eigenvalue weighted by atomic mass is 127. The van der Waals surface area contributed by atoms with Crippen LogP contribution in [0.3, 0.4) is 0 Å². The Balaban J connectivity index is 0.000000397. The zero-order valence-electron chi connectivity index (χ0n) is 23.0. The Labute approximate surface area is 263 Å². The lowest BCUT2D eigenvalue weighted by atomic mass is 10.2. The van der Waals surface area contributed by atoms with Crippen LogP contribution in [0.4, 0.5) is 5.69 Å². The largest absolute Gasteiger partial charge is 0.478 e. The molecule has 0 radical (unpaired) electrons. The van der Waals surface area contributed by atoms with Crippen LogP contribution in [-0.2, 0) is 37.4 Å². The van der Waals surface area contributed by atoms with Gasteiger partial charge in [-0.15, -0.1) is 0 Å². The molecule has 14 nitrogen and oxygen atoms in total. The third-order valence-electron chi connectivity index (χ3n) is 5.36. The van der Waals surface area contributed by atoms with Gasteiger partial charge < -0.3 is 19.9 Å². The molecule has 0 aliphatic rings. The third-order valence-corrected chi connectivity index (χ3v) is 5.77. The average molecular weight is 740 g/mol. The van der Waals surface area contributed by atoms with E-state index in [-0.39, 0.29) is 52.8 Å². The SMILES string of the molecule is CI.COC(=O)CCCC(=O)Nc1cnc(Cl)cc1C(=O)O.COC(=O)CCn1c(=O)c2cc(Cl)ncc2n(C)c1=O. The molecule has 3 heterocycles. The second-order valence-corrected chi connectivity index (χ2v) is 8.76. The molecule has 2 N–H and O–H groups in total. The minimum atomic E-state index is -1.22. The molecule has 0 aromatic carbocycles. The number of carboxylic acid groups (broad SMARTS) is 1. The molecule has 0 unspecified atom stereocenters. The molecule has 17 heteroatoms. The number of hydrogen-bond donors (Lipinski definition) is 2. The number of anilines is 1. The van der Waals surface area contributed by atoms with Crippen molar-refractivity contribution in [2.24, 2.45) is 7.05 Å². The topological polar surface area (TPSA) is 189 Å². The van der Waals surface area contributed by atoms with E-state index in [1.54, 1.807) is 0 Å². The number of ether oxygens (including phenoxy) is 2. The number of carbonyl (C=O) groups is 4. The average Bonchev–Trinajstić information content (AvgIpc) is 2.97. The fourth-order valence-electron chi connectivity index (χ4n) is 3.29. The van der Waals surface area contributed by atoms with Crippen molar-refractivity contribution in [2.45, 2.75) is 32.2 Å². The van der Waals surface area contributed by atoms with E-state index in [9.17, 15) is 28.8 Å². The maximum absolute atomic E-state index is 12.3. The molecule has 0 spiro atoms. The molecule has 0 aliphatic heterocycles. The summed E-state index contributed by atoms with van der Waals surface area (Å²) in [5.74, 6) is -2.54. The number of carbonyl (C=O) groups excluding carboxylic acids is 3. The van der Waals surface area contributed by atoms with E-state index in [1.165, 1.54) is 44.3 Å². The van der Waals surface area contributed by atoms with Crippen LogP contribution in [0.1, 0.15) is 36.0 Å². The van der Waals surface area contributed by atoms with Gasteiger partial charge in [-0.3, -0.25) is 28.3 Å².